The molecule has 3 rings (SSSR count). The summed E-state index contributed by atoms with van der Waals surface area (Å²) >= 11 is 0. The molecule has 0 radical (unpaired) electrons. The van der Waals surface area contributed by atoms with Gasteiger partial charge in [-0.15, -0.1) is 0 Å². The third-order valence-electron chi connectivity index (χ3n) is 4.37. The second kappa shape index (κ2) is 8.29. The first-order valence-electron chi connectivity index (χ1n) is 8.58. The molecule has 4 nitrogen and oxygen atoms in total. The minimum Gasteiger partial charge on any atom is -0.303 e. The Morgan fingerprint density at radius 3 is 2.36 bits per heavy atom. The van der Waals surface area contributed by atoms with Crippen molar-refractivity contribution in [2.45, 2.75) is 31.6 Å². The lowest BCUT2D eigenvalue weighted by molar-refractivity contribution is -0.122. The van der Waals surface area contributed by atoms with Crippen LogP contribution < -0.4 is 10.9 Å². The molecule has 1 aliphatic rings. The zero-order valence-electron chi connectivity index (χ0n) is 14.1. The van der Waals surface area contributed by atoms with Crippen LogP contribution in [0.2, 0.25) is 0 Å². The predicted octanol–water partition coefficient (Wildman–Crippen LogP) is 3.27. The number of aryl methyl sites for hydroxylation is 1. The van der Waals surface area contributed by atoms with Gasteiger partial charge < -0.3 is 5.43 Å². The zero-order chi connectivity index (χ0) is 17.5. The van der Waals surface area contributed by atoms with Crippen LogP contribution in [-0.2, 0) is 16.0 Å². The van der Waals surface area contributed by atoms with Gasteiger partial charge in [-0.25, -0.2) is 0 Å². The van der Waals surface area contributed by atoms with E-state index in [9.17, 15) is 9.59 Å². The minimum absolute atomic E-state index is 0.0842. The number of ketones is 1. The molecule has 0 aromatic heterocycles. The van der Waals surface area contributed by atoms with E-state index in [2.05, 4.69) is 10.9 Å². The maximum Gasteiger partial charge on any atom is 0.238 e. The van der Waals surface area contributed by atoms with E-state index in [1.165, 1.54) is 0 Å². The number of allylic oxidation sites excluding steroid dienone is 2. The van der Waals surface area contributed by atoms with Crippen molar-refractivity contribution in [2.24, 2.45) is 0 Å². The first-order chi connectivity index (χ1) is 12.2. The van der Waals surface area contributed by atoms with Crippen molar-refractivity contribution in [1.82, 2.24) is 10.9 Å². The quantitative estimate of drug-likeness (QED) is 0.797. The number of hydrazine groups is 1. The number of benzene rings is 2. The Balaban J connectivity index is 1.50. The second-order valence-electron chi connectivity index (χ2n) is 6.31. The number of carbonyl (C=O) groups is 2. The summed E-state index contributed by atoms with van der Waals surface area (Å²) in [5.41, 5.74) is 8.68. The summed E-state index contributed by atoms with van der Waals surface area (Å²) in [7, 11) is 0. The molecular weight excluding hydrogens is 312 g/mol. The van der Waals surface area contributed by atoms with Crippen LogP contribution in [-0.4, -0.2) is 11.7 Å². The van der Waals surface area contributed by atoms with Gasteiger partial charge in [-0.05, 0) is 29.9 Å². The molecule has 2 N–H and O–H groups in total. The van der Waals surface area contributed by atoms with Crippen LogP contribution >= 0.6 is 0 Å². The van der Waals surface area contributed by atoms with Gasteiger partial charge in [0.15, 0.2) is 5.78 Å². The summed E-state index contributed by atoms with van der Waals surface area (Å²) in [5.74, 6) is 0.155. The SMILES string of the molecule is O=C1C=C(NNC(=O)CCc2ccccc2)C[C@@H](c2ccccc2)C1. The minimum atomic E-state index is -0.0842. The van der Waals surface area contributed by atoms with Gasteiger partial charge in [0.1, 0.15) is 0 Å². The number of nitrogens with one attached hydrogen (secondary N) is 2. The summed E-state index contributed by atoms with van der Waals surface area (Å²) in [5, 5.41) is 0. The van der Waals surface area contributed by atoms with Crippen LogP contribution in [0, 0.1) is 0 Å². The zero-order valence-corrected chi connectivity index (χ0v) is 14.1. The number of rotatable bonds is 6. The molecule has 0 aliphatic heterocycles. The number of amides is 1. The van der Waals surface area contributed by atoms with E-state index in [0.29, 0.717) is 25.7 Å². The normalized spacial score (nSPS) is 16.9. The van der Waals surface area contributed by atoms with Gasteiger partial charge in [-0.3, -0.25) is 15.0 Å². The topological polar surface area (TPSA) is 58.2 Å². The van der Waals surface area contributed by atoms with Gasteiger partial charge in [-0.1, -0.05) is 60.7 Å². The lowest BCUT2D eigenvalue weighted by atomic mass is 9.86. The average Bonchev–Trinajstić information content (AvgIpc) is 2.66. The van der Waals surface area contributed by atoms with Crippen molar-refractivity contribution >= 4 is 11.7 Å². The molecule has 1 amide bonds. The highest BCUT2D eigenvalue weighted by Crippen LogP contribution is 2.29. The van der Waals surface area contributed by atoms with E-state index in [4.69, 9.17) is 0 Å². The fourth-order valence-electron chi connectivity index (χ4n) is 3.06. The largest absolute Gasteiger partial charge is 0.303 e. The molecule has 128 valence electrons. The third kappa shape index (κ3) is 5.05. The van der Waals surface area contributed by atoms with Crippen LogP contribution in [0.3, 0.4) is 0 Å². The Morgan fingerprint density at radius 2 is 1.64 bits per heavy atom. The number of hydrogen-bond donors (Lipinski definition) is 2. The van der Waals surface area contributed by atoms with Gasteiger partial charge in [0.25, 0.3) is 0 Å². The van der Waals surface area contributed by atoms with Crippen LogP contribution in [0.4, 0.5) is 0 Å². The molecule has 0 bridgehead atoms. The van der Waals surface area contributed by atoms with E-state index >= 15 is 0 Å². The first-order valence-corrected chi connectivity index (χ1v) is 8.58. The van der Waals surface area contributed by atoms with Gasteiger partial charge in [0.2, 0.25) is 5.91 Å². The predicted molar refractivity (Wildman–Crippen MR) is 97.5 cm³/mol. The number of carbonyl (C=O) groups excluding carboxylic acids is 2. The highest BCUT2D eigenvalue weighted by Gasteiger charge is 2.22. The Morgan fingerprint density at radius 1 is 0.960 bits per heavy atom. The average molecular weight is 334 g/mol. The van der Waals surface area contributed by atoms with E-state index in [1.807, 2.05) is 60.7 Å². The molecule has 0 unspecified atom stereocenters. The number of hydrogen-bond acceptors (Lipinski definition) is 3. The molecule has 2 aromatic carbocycles. The second-order valence-corrected chi connectivity index (χ2v) is 6.31. The summed E-state index contributed by atoms with van der Waals surface area (Å²) < 4.78 is 0. The molecule has 0 fully saturated rings. The van der Waals surface area contributed by atoms with Crippen molar-refractivity contribution in [3.63, 3.8) is 0 Å². The van der Waals surface area contributed by atoms with E-state index < -0.39 is 0 Å². The fourth-order valence-corrected chi connectivity index (χ4v) is 3.06. The third-order valence-corrected chi connectivity index (χ3v) is 4.37. The van der Waals surface area contributed by atoms with Crippen molar-refractivity contribution < 1.29 is 9.59 Å². The molecule has 1 aliphatic carbocycles. The lowest BCUT2D eigenvalue weighted by Crippen LogP contribution is -2.38. The first kappa shape index (κ1) is 17.0. The van der Waals surface area contributed by atoms with Crippen molar-refractivity contribution in [1.29, 1.82) is 0 Å². The van der Waals surface area contributed by atoms with Gasteiger partial charge in [-0.2, -0.15) is 0 Å². The van der Waals surface area contributed by atoms with Gasteiger partial charge in [0, 0.05) is 24.6 Å². The maximum atomic E-state index is 12.0. The summed E-state index contributed by atoms with van der Waals surface area (Å²) in [6.45, 7) is 0. The van der Waals surface area contributed by atoms with Crippen LogP contribution in [0.25, 0.3) is 0 Å². The maximum absolute atomic E-state index is 12.0. The van der Waals surface area contributed by atoms with Crippen molar-refractivity contribution in [3.8, 4) is 0 Å². The van der Waals surface area contributed by atoms with Gasteiger partial charge in [0.05, 0.1) is 0 Å². The molecular formula is C21H22N2O2. The molecule has 1 atom stereocenters. The van der Waals surface area contributed by atoms with E-state index in [0.717, 1.165) is 16.8 Å². The standard InChI is InChI=1S/C21H22N2O2/c24-20-14-18(17-9-5-2-6-10-17)13-19(15-20)22-23-21(25)12-11-16-7-3-1-4-8-16/h1-10,15,18,22H,11-14H2,(H,23,25)/t18-/m1/s1. The smallest absolute Gasteiger partial charge is 0.238 e. The summed E-state index contributed by atoms with van der Waals surface area (Å²) in [4.78, 5) is 24.0. The molecule has 25 heavy (non-hydrogen) atoms. The molecule has 4 heteroatoms. The van der Waals surface area contributed by atoms with Crippen LogP contribution in [0.1, 0.15) is 36.3 Å². The van der Waals surface area contributed by atoms with Crippen LogP contribution in [0.5, 0.6) is 0 Å². The van der Waals surface area contributed by atoms with Crippen molar-refractivity contribution in [2.75, 3.05) is 0 Å². The molecule has 0 spiro atoms. The van der Waals surface area contributed by atoms with Gasteiger partial charge >= 0.3 is 0 Å². The van der Waals surface area contributed by atoms with Crippen molar-refractivity contribution in [3.05, 3.63) is 83.6 Å². The monoisotopic (exact) mass is 334 g/mol. The Hall–Kier alpha value is -2.88. The highest BCUT2D eigenvalue weighted by molar-refractivity contribution is 5.92. The Labute approximate surface area is 147 Å². The van der Waals surface area contributed by atoms with E-state index in [-0.39, 0.29) is 17.6 Å². The summed E-state index contributed by atoms with van der Waals surface area (Å²) in [6, 6.07) is 19.9. The molecule has 2 aromatic rings. The Kier molecular flexibility index (Phi) is 5.62. The molecule has 0 saturated heterocycles. The lowest BCUT2D eigenvalue weighted by Gasteiger charge is -2.23. The highest BCUT2D eigenvalue weighted by atomic mass is 16.2. The fraction of sp³-hybridized carbons (Fsp3) is 0.238. The van der Waals surface area contributed by atoms with E-state index in [1.54, 1.807) is 6.08 Å². The summed E-state index contributed by atoms with van der Waals surface area (Å²) in [6.07, 6.45) is 3.92. The van der Waals surface area contributed by atoms with Crippen LogP contribution in [0.15, 0.2) is 72.4 Å². The molecule has 0 heterocycles. The Bertz CT molecular complexity index is 754. The molecule has 0 saturated carbocycles.